The van der Waals surface area contributed by atoms with Gasteiger partial charge in [0.2, 0.25) is 6.04 Å². The Hall–Kier alpha value is -4.60. The highest BCUT2D eigenvalue weighted by Crippen LogP contribution is 2.29. The van der Waals surface area contributed by atoms with Gasteiger partial charge >= 0.3 is 24.1 Å². The van der Waals surface area contributed by atoms with E-state index in [9.17, 15) is 29.3 Å². The molecule has 15 heteroatoms. The van der Waals surface area contributed by atoms with Gasteiger partial charge in [-0.05, 0) is 93.2 Å². The summed E-state index contributed by atoms with van der Waals surface area (Å²) >= 11 is 0. The van der Waals surface area contributed by atoms with Gasteiger partial charge in [0.25, 0.3) is 5.69 Å². The summed E-state index contributed by atoms with van der Waals surface area (Å²) in [5.74, 6) is -2.18. The van der Waals surface area contributed by atoms with Crippen molar-refractivity contribution in [3.8, 4) is 0 Å². The fourth-order valence-corrected chi connectivity index (χ4v) is 6.29. The lowest BCUT2D eigenvalue weighted by Gasteiger charge is -2.36. The van der Waals surface area contributed by atoms with Crippen LogP contribution >= 0.6 is 0 Å². The van der Waals surface area contributed by atoms with Crippen LogP contribution in [0.4, 0.5) is 10.5 Å². The molecule has 1 aliphatic rings. The van der Waals surface area contributed by atoms with E-state index in [1.807, 2.05) is 35.2 Å². The number of benzene rings is 2. The number of rotatable bonds is 17. The van der Waals surface area contributed by atoms with E-state index in [-0.39, 0.29) is 37.8 Å². The first kappa shape index (κ1) is 45.8. The molecule has 0 radical (unpaired) electrons. The number of ether oxygens (including phenoxy) is 5. The molecule has 0 spiro atoms. The highest BCUT2D eigenvalue weighted by molar-refractivity contribution is 5.99. The molecule has 0 bridgehead atoms. The summed E-state index contributed by atoms with van der Waals surface area (Å²) in [6.45, 7) is 18.0. The molecule has 56 heavy (non-hydrogen) atoms. The summed E-state index contributed by atoms with van der Waals surface area (Å²) in [5, 5.41) is 14.6. The topological polar surface area (TPSA) is 176 Å². The zero-order valence-corrected chi connectivity index (χ0v) is 34.5. The van der Waals surface area contributed by atoms with E-state index < -0.39 is 64.1 Å². The molecule has 2 aromatic rings. The van der Waals surface area contributed by atoms with E-state index in [1.54, 1.807) is 81.4 Å². The van der Waals surface area contributed by atoms with Crippen LogP contribution in [0.25, 0.3) is 0 Å². The molecule has 0 saturated carbocycles. The number of nitro groups is 1. The Labute approximate surface area is 330 Å². The van der Waals surface area contributed by atoms with Gasteiger partial charge < -0.3 is 23.7 Å². The van der Waals surface area contributed by atoms with Crippen molar-refractivity contribution >= 4 is 29.8 Å². The third-order valence-corrected chi connectivity index (χ3v) is 8.33. The van der Waals surface area contributed by atoms with E-state index in [2.05, 4.69) is 10.2 Å². The van der Waals surface area contributed by atoms with Crippen molar-refractivity contribution in [2.24, 2.45) is 0 Å². The van der Waals surface area contributed by atoms with Crippen molar-refractivity contribution in [3.63, 3.8) is 0 Å². The lowest BCUT2D eigenvalue weighted by Crippen LogP contribution is -2.57. The van der Waals surface area contributed by atoms with E-state index >= 15 is 0 Å². The van der Waals surface area contributed by atoms with E-state index in [0.29, 0.717) is 31.5 Å². The molecule has 0 aliphatic carbocycles. The Morgan fingerprint density at radius 2 is 1.41 bits per heavy atom. The van der Waals surface area contributed by atoms with Gasteiger partial charge in [-0.1, -0.05) is 42.5 Å². The first-order valence-corrected chi connectivity index (χ1v) is 19.0. The van der Waals surface area contributed by atoms with Gasteiger partial charge in [0.05, 0.1) is 18.1 Å². The maximum Gasteiger partial charge on any atom is 0.509 e. The minimum Gasteiger partial charge on any atom is -0.459 e. The second-order valence-electron chi connectivity index (χ2n) is 16.9. The number of nitrogens with one attached hydrogen (secondary N) is 1. The quantitative estimate of drug-likeness (QED) is 0.0654. The average Bonchev–Trinajstić information content (AvgIpc) is 3.41. The first-order valence-electron chi connectivity index (χ1n) is 19.0. The van der Waals surface area contributed by atoms with Crippen LogP contribution in [0.2, 0.25) is 0 Å². The molecule has 3 atom stereocenters. The van der Waals surface area contributed by atoms with Gasteiger partial charge in [-0.25, -0.2) is 14.4 Å². The van der Waals surface area contributed by atoms with E-state index in [0.717, 1.165) is 5.56 Å². The van der Waals surface area contributed by atoms with Crippen molar-refractivity contribution in [1.29, 1.82) is 0 Å². The predicted molar refractivity (Wildman–Crippen MR) is 208 cm³/mol. The summed E-state index contributed by atoms with van der Waals surface area (Å²) in [5.41, 5.74) is -1.06. The fourth-order valence-electron chi connectivity index (χ4n) is 6.29. The third-order valence-electron chi connectivity index (χ3n) is 8.33. The average molecular weight is 785 g/mol. The number of non-ortho nitro benzene ring substituents is 1. The van der Waals surface area contributed by atoms with E-state index in [4.69, 9.17) is 23.7 Å². The zero-order chi connectivity index (χ0) is 41.8. The van der Waals surface area contributed by atoms with Crippen LogP contribution in [0, 0.1) is 10.1 Å². The van der Waals surface area contributed by atoms with Crippen LogP contribution in [0.15, 0.2) is 54.6 Å². The normalized spacial score (nSPS) is 17.0. The molecule has 0 aromatic heterocycles. The maximum atomic E-state index is 13.7. The van der Waals surface area contributed by atoms with Crippen molar-refractivity contribution in [2.45, 2.75) is 136 Å². The van der Waals surface area contributed by atoms with Crippen LogP contribution in [0.1, 0.15) is 93.2 Å². The molecular formula is C41H60N4O11. The van der Waals surface area contributed by atoms with Crippen LogP contribution in [0.5, 0.6) is 0 Å². The molecular weight excluding hydrogens is 724 g/mol. The van der Waals surface area contributed by atoms with E-state index in [1.165, 1.54) is 12.1 Å². The van der Waals surface area contributed by atoms with Gasteiger partial charge in [-0.15, -0.1) is 0 Å². The number of nitrogens with zero attached hydrogens (tertiary/aromatic N) is 3. The molecule has 15 nitrogen and oxygen atoms in total. The number of hydrogen-bond acceptors (Lipinski definition) is 14. The second-order valence-corrected chi connectivity index (χ2v) is 16.9. The number of carbonyl (C=O) groups is 4. The lowest BCUT2D eigenvalue weighted by molar-refractivity contribution is -0.384. The molecule has 2 aromatic carbocycles. The SMILES string of the molecule is CCOC(=O)O[C@@H]1CC[C@@H](CN(CC(=O)OC(C)(C)C)C[C@H](Cc2ccc([N+](=O)[O-])cc2)NC(C(=O)OC(C)(C)C)C(=O)OC(C)(C)C)N1Cc1ccccc1. The number of esters is 3. The van der Waals surface area contributed by atoms with Gasteiger partial charge in [0, 0.05) is 50.3 Å². The molecule has 310 valence electrons. The van der Waals surface area contributed by atoms with Crippen LogP contribution in [0.3, 0.4) is 0 Å². The number of nitro benzene ring substituents is 1. The Balaban J connectivity index is 2.06. The van der Waals surface area contributed by atoms with Crippen LogP contribution < -0.4 is 5.32 Å². The Morgan fingerprint density at radius 1 is 0.839 bits per heavy atom. The zero-order valence-electron chi connectivity index (χ0n) is 34.5. The van der Waals surface area contributed by atoms with Crippen molar-refractivity contribution in [1.82, 2.24) is 15.1 Å². The molecule has 1 N–H and O–H groups in total. The summed E-state index contributed by atoms with van der Waals surface area (Å²) in [7, 11) is 0. The maximum absolute atomic E-state index is 13.7. The standard InChI is InChI=1S/C41H60N4O11/c1-11-52-38(49)53-33-22-21-32(44(33)24-29-15-13-12-14-16-29)26-43(27-34(46)54-39(2,3)4)25-30(23-28-17-19-31(20-18-28)45(50)51)42-35(36(47)55-40(5,6)7)37(48)56-41(8,9)10/h12-20,30,32-33,35,42H,11,21-27H2,1-10H3/t30-,32-,33+/m0/s1. The fraction of sp³-hybridized carbons (Fsp3) is 0.610. The highest BCUT2D eigenvalue weighted by Gasteiger charge is 2.40. The molecule has 3 rings (SSSR count). The molecule has 1 aliphatic heterocycles. The summed E-state index contributed by atoms with van der Waals surface area (Å²) < 4.78 is 27.9. The van der Waals surface area contributed by atoms with Gasteiger partial charge in [0.15, 0.2) is 6.23 Å². The molecule has 1 heterocycles. The van der Waals surface area contributed by atoms with Crippen molar-refractivity contribution in [3.05, 3.63) is 75.8 Å². The predicted octanol–water partition coefficient (Wildman–Crippen LogP) is 5.96. The Bertz CT molecular complexity index is 1590. The van der Waals surface area contributed by atoms with Crippen LogP contribution in [-0.4, -0.2) is 106 Å². The minimum atomic E-state index is -1.55. The smallest absolute Gasteiger partial charge is 0.459 e. The monoisotopic (exact) mass is 784 g/mol. The summed E-state index contributed by atoms with van der Waals surface area (Å²) in [6, 6.07) is 13.2. The van der Waals surface area contributed by atoms with Gasteiger partial charge in [-0.3, -0.25) is 30.0 Å². The molecule has 0 unspecified atom stereocenters. The Kier molecular flexibility index (Phi) is 16.4. The number of likely N-dealkylation sites (tertiary alicyclic amines) is 1. The second kappa shape index (κ2) is 20.0. The number of hydrogen-bond donors (Lipinski definition) is 1. The minimum absolute atomic E-state index is 0.0930. The highest BCUT2D eigenvalue weighted by atomic mass is 16.7. The summed E-state index contributed by atoms with van der Waals surface area (Å²) in [4.78, 5) is 68.2. The third kappa shape index (κ3) is 16.2. The lowest BCUT2D eigenvalue weighted by atomic mass is 10.0. The van der Waals surface area contributed by atoms with Gasteiger partial charge in [0.1, 0.15) is 16.8 Å². The number of carbonyl (C=O) groups excluding carboxylic acids is 4. The largest absolute Gasteiger partial charge is 0.509 e. The van der Waals surface area contributed by atoms with Crippen molar-refractivity contribution in [2.75, 3.05) is 26.2 Å². The molecule has 1 fully saturated rings. The van der Waals surface area contributed by atoms with Crippen LogP contribution in [-0.2, 0) is 51.0 Å². The Morgan fingerprint density at radius 3 is 1.93 bits per heavy atom. The van der Waals surface area contributed by atoms with Crippen molar-refractivity contribution < 1.29 is 47.8 Å². The first-order chi connectivity index (χ1) is 26.0. The molecule has 1 saturated heterocycles. The molecule has 0 amide bonds. The summed E-state index contributed by atoms with van der Waals surface area (Å²) in [6.07, 6.45) is -0.0521. The van der Waals surface area contributed by atoms with Gasteiger partial charge in [-0.2, -0.15) is 0 Å².